The maximum atomic E-state index is 12.4. The highest BCUT2D eigenvalue weighted by Crippen LogP contribution is 2.40. The van der Waals surface area contributed by atoms with Crippen LogP contribution in [0.4, 0.5) is 0 Å². The Bertz CT molecular complexity index is 685. The Morgan fingerprint density at radius 2 is 1.64 bits per heavy atom. The summed E-state index contributed by atoms with van der Waals surface area (Å²) in [5.74, 6) is -0.507. The smallest absolute Gasteiger partial charge is 0.248 e. The van der Waals surface area contributed by atoms with E-state index in [-0.39, 0.29) is 5.91 Å². The van der Waals surface area contributed by atoms with Gasteiger partial charge in [-0.2, -0.15) is 0 Å². The number of nitrogens with zero attached hydrogens (tertiary/aromatic N) is 1. The summed E-state index contributed by atoms with van der Waals surface area (Å²) in [5, 5.41) is 0. The standard InChI is InChI=1S/C18H18N2O2/c19-17(22)18(15-9-5-2-6-10-15)12-11-16(21)20(18)13-14-7-3-1-4-8-14/h1-10H,11-13H2,(H2,19,22)/t18-/m0/s1. The Hall–Kier alpha value is -2.62. The van der Waals surface area contributed by atoms with Crippen LogP contribution in [-0.4, -0.2) is 16.7 Å². The number of hydrogen-bond acceptors (Lipinski definition) is 2. The van der Waals surface area contributed by atoms with Crippen molar-refractivity contribution < 1.29 is 9.59 Å². The van der Waals surface area contributed by atoms with E-state index in [9.17, 15) is 9.59 Å². The molecule has 0 unspecified atom stereocenters. The third-order valence-corrected chi connectivity index (χ3v) is 4.30. The van der Waals surface area contributed by atoms with Crippen LogP contribution in [-0.2, 0) is 21.7 Å². The van der Waals surface area contributed by atoms with Crippen molar-refractivity contribution in [2.45, 2.75) is 24.9 Å². The number of amides is 2. The van der Waals surface area contributed by atoms with Gasteiger partial charge >= 0.3 is 0 Å². The minimum absolute atomic E-state index is 0.0356. The number of nitrogens with two attached hydrogens (primary N) is 1. The van der Waals surface area contributed by atoms with Gasteiger partial charge in [-0.05, 0) is 17.5 Å². The van der Waals surface area contributed by atoms with E-state index in [1.807, 2.05) is 60.7 Å². The normalized spacial score (nSPS) is 21.1. The van der Waals surface area contributed by atoms with Crippen LogP contribution in [0, 0.1) is 0 Å². The molecule has 4 nitrogen and oxygen atoms in total. The molecule has 1 saturated heterocycles. The lowest BCUT2D eigenvalue weighted by Crippen LogP contribution is -2.52. The van der Waals surface area contributed by atoms with E-state index < -0.39 is 11.4 Å². The fourth-order valence-electron chi connectivity index (χ4n) is 3.17. The Balaban J connectivity index is 2.04. The molecule has 0 aliphatic carbocycles. The number of carbonyl (C=O) groups is 2. The van der Waals surface area contributed by atoms with Crippen LogP contribution in [0.3, 0.4) is 0 Å². The van der Waals surface area contributed by atoms with Gasteiger partial charge in [-0.3, -0.25) is 9.59 Å². The fraction of sp³-hybridized carbons (Fsp3) is 0.222. The number of primary amides is 1. The van der Waals surface area contributed by atoms with Crippen molar-refractivity contribution in [2.75, 3.05) is 0 Å². The zero-order chi connectivity index (χ0) is 15.6. The first-order valence-electron chi connectivity index (χ1n) is 7.34. The average Bonchev–Trinajstić information content (AvgIpc) is 2.87. The summed E-state index contributed by atoms with van der Waals surface area (Å²) in [6.07, 6.45) is 0.767. The zero-order valence-corrected chi connectivity index (χ0v) is 12.2. The molecule has 0 radical (unpaired) electrons. The highest BCUT2D eigenvalue weighted by atomic mass is 16.2. The van der Waals surface area contributed by atoms with E-state index in [2.05, 4.69) is 0 Å². The van der Waals surface area contributed by atoms with Crippen molar-refractivity contribution in [3.05, 3.63) is 71.8 Å². The molecule has 2 N–H and O–H groups in total. The molecular weight excluding hydrogens is 276 g/mol. The molecule has 1 aliphatic rings. The minimum Gasteiger partial charge on any atom is -0.367 e. The molecule has 1 aliphatic heterocycles. The van der Waals surface area contributed by atoms with Crippen LogP contribution in [0.2, 0.25) is 0 Å². The first kappa shape index (κ1) is 14.3. The van der Waals surface area contributed by atoms with Gasteiger partial charge in [0, 0.05) is 13.0 Å². The lowest BCUT2D eigenvalue weighted by Gasteiger charge is -2.36. The maximum absolute atomic E-state index is 12.4. The van der Waals surface area contributed by atoms with Gasteiger partial charge in [-0.1, -0.05) is 60.7 Å². The monoisotopic (exact) mass is 294 g/mol. The van der Waals surface area contributed by atoms with Gasteiger partial charge in [0.15, 0.2) is 0 Å². The van der Waals surface area contributed by atoms with E-state index >= 15 is 0 Å². The summed E-state index contributed by atoms with van der Waals surface area (Å²) in [5.41, 5.74) is 6.46. The van der Waals surface area contributed by atoms with Gasteiger partial charge in [0.25, 0.3) is 0 Å². The summed E-state index contributed by atoms with van der Waals surface area (Å²) in [6, 6.07) is 19.0. The molecule has 2 amide bonds. The average molecular weight is 294 g/mol. The third-order valence-electron chi connectivity index (χ3n) is 4.30. The molecule has 2 aromatic rings. The number of benzene rings is 2. The van der Waals surface area contributed by atoms with E-state index in [0.717, 1.165) is 11.1 Å². The van der Waals surface area contributed by atoms with Crippen molar-refractivity contribution in [2.24, 2.45) is 5.73 Å². The third kappa shape index (κ3) is 2.26. The Labute approximate surface area is 129 Å². The van der Waals surface area contributed by atoms with Crippen LogP contribution in [0.15, 0.2) is 60.7 Å². The highest BCUT2D eigenvalue weighted by molar-refractivity contribution is 5.94. The number of rotatable bonds is 4. The second kappa shape index (κ2) is 5.64. The molecule has 0 aromatic heterocycles. The second-order valence-electron chi connectivity index (χ2n) is 5.56. The number of hydrogen-bond donors (Lipinski definition) is 1. The summed E-state index contributed by atoms with van der Waals surface area (Å²) in [4.78, 5) is 26.3. The molecular formula is C18H18N2O2. The Kier molecular flexibility index (Phi) is 3.67. The first-order chi connectivity index (χ1) is 10.6. The SMILES string of the molecule is NC(=O)[C@@]1(c2ccccc2)CCC(=O)N1Cc1ccccc1. The van der Waals surface area contributed by atoms with Crippen LogP contribution >= 0.6 is 0 Å². The molecule has 0 spiro atoms. The van der Waals surface area contributed by atoms with E-state index in [4.69, 9.17) is 5.73 Å². The lowest BCUT2D eigenvalue weighted by molar-refractivity contribution is -0.141. The Morgan fingerprint density at radius 3 is 2.23 bits per heavy atom. The van der Waals surface area contributed by atoms with E-state index in [1.54, 1.807) is 4.90 Å². The van der Waals surface area contributed by atoms with Gasteiger partial charge < -0.3 is 10.6 Å². The van der Waals surface area contributed by atoms with Gasteiger partial charge in [0.2, 0.25) is 11.8 Å². The molecule has 1 atom stereocenters. The molecule has 0 saturated carbocycles. The van der Waals surface area contributed by atoms with Crippen LogP contribution in [0.5, 0.6) is 0 Å². The fourth-order valence-corrected chi connectivity index (χ4v) is 3.17. The molecule has 2 aromatic carbocycles. The maximum Gasteiger partial charge on any atom is 0.248 e. The van der Waals surface area contributed by atoms with Crippen LogP contribution < -0.4 is 5.73 Å². The lowest BCUT2D eigenvalue weighted by atomic mass is 9.86. The number of carbonyl (C=O) groups excluding carboxylic acids is 2. The van der Waals surface area contributed by atoms with Gasteiger partial charge in [-0.25, -0.2) is 0 Å². The topological polar surface area (TPSA) is 63.4 Å². The summed E-state index contributed by atoms with van der Waals surface area (Å²) in [6.45, 7) is 0.386. The van der Waals surface area contributed by atoms with Gasteiger partial charge in [0.05, 0.1) is 0 Å². The predicted molar refractivity (Wildman–Crippen MR) is 83.5 cm³/mol. The second-order valence-corrected chi connectivity index (χ2v) is 5.56. The molecule has 1 fully saturated rings. The molecule has 4 heteroatoms. The predicted octanol–water partition coefficient (Wildman–Crippen LogP) is 2.19. The summed E-state index contributed by atoms with van der Waals surface area (Å²) >= 11 is 0. The van der Waals surface area contributed by atoms with Gasteiger partial charge in [-0.15, -0.1) is 0 Å². The van der Waals surface area contributed by atoms with Crippen LogP contribution in [0.1, 0.15) is 24.0 Å². The largest absolute Gasteiger partial charge is 0.367 e. The van der Waals surface area contributed by atoms with Crippen molar-refractivity contribution >= 4 is 11.8 Å². The quantitative estimate of drug-likeness (QED) is 0.939. The highest BCUT2D eigenvalue weighted by Gasteiger charge is 2.51. The molecule has 22 heavy (non-hydrogen) atoms. The molecule has 1 heterocycles. The Morgan fingerprint density at radius 1 is 1.05 bits per heavy atom. The molecule has 3 rings (SSSR count). The van der Waals surface area contributed by atoms with Crippen molar-refractivity contribution in [3.8, 4) is 0 Å². The first-order valence-corrected chi connectivity index (χ1v) is 7.34. The molecule has 112 valence electrons. The minimum atomic E-state index is -1.05. The summed E-state index contributed by atoms with van der Waals surface area (Å²) < 4.78 is 0. The van der Waals surface area contributed by atoms with Crippen molar-refractivity contribution in [1.82, 2.24) is 4.90 Å². The van der Waals surface area contributed by atoms with Crippen LogP contribution in [0.25, 0.3) is 0 Å². The van der Waals surface area contributed by atoms with Gasteiger partial charge in [0.1, 0.15) is 5.54 Å². The number of likely N-dealkylation sites (tertiary alicyclic amines) is 1. The van der Waals surface area contributed by atoms with Crippen molar-refractivity contribution in [1.29, 1.82) is 0 Å². The van der Waals surface area contributed by atoms with Crippen molar-refractivity contribution in [3.63, 3.8) is 0 Å². The van der Waals surface area contributed by atoms with E-state index in [1.165, 1.54) is 0 Å². The zero-order valence-electron chi connectivity index (χ0n) is 12.2. The van der Waals surface area contributed by atoms with E-state index in [0.29, 0.717) is 19.4 Å². The summed E-state index contributed by atoms with van der Waals surface area (Å²) in [7, 11) is 0. The molecule has 0 bridgehead atoms.